The summed E-state index contributed by atoms with van der Waals surface area (Å²) in [6.07, 6.45) is 0.205. The predicted octanol–water partition coefficient (Wildman–Crippen LogP) is 0.841. The summed E-state index contributed by atoms with van der Waals surface area (Å²) in [6.45, 7) is 4.30. The molecule has 1 amide bonds. The van der Waals surface area contributed by atoms with E-state index in [0.29, 0.717) is 17.6 Å². The molecule has 0 saturated carbocycles. The number of fused-ring (bicyclic) bond motifs is 1. The van der Waals surface area contributed by atoms with Crippen LogP contribution in [0.1, 0.15) is 19.4 Å². The first kappa shape index (κ1) is 11.7. The Bertz CT molecular complexity index is 532. The lowest BCUT2D eigenvalue weighted by Crippen LogP contribution is -2.35. The van der Waals surface area contributed by atoms with E-state index in [9.17, 15) is 9.18 Å². The molecule has 94 valence electrons. The summed E-state index contributed by atoms with van der Waals surface area (Å²) < 4.78 is 25.0. The van der Waals surface area contributed by atoms with Crippen molar-refractivity contribution in [3.63, 3.8) is 0 Å². The fourth-order valence-electron chi connectivity index (χ4n) is 2.26. The van der Waals surface area contributed by atoms with Gasteiger partial charge in [0.2, 0.25) is 5.91 Å². The molecule has 3 rings (SSSR count). The molecule has 2 heterocycles. The predicted molar refractivity (Wildman–Crippen MR) is 65.2 cm³/mol. The van der Waals surface area contributed by atoms with Gasteiger partial charge in [0, 0.05) is 0 Å². The van der Waals surface area contributed by atoms with E-state index in [2.05, 4.69) is 5.32 Å². The van der Waals surface area contributed by atoms with E-state index in [1.807, 2.05) is 13.8 Å². The van der Waals surface area contributed by atoms with Crippen LogP contribution in [0.5, 0.6) is 0 Å². The normalized spacial score (nSPS) is 21.1. The molecule has 18 heavy (non-hydrogen) atoms. The largest absolute Gasteiger partial charge is 0.494 e. The highest BCUT2D eigenvalue weighted by molar-refractivity contribution is 6.62. The maximum absolute atomic E-state index is 13.8. The molecular formula is C12H13BFNO3. The van der Waals surface area contributed by atoms with Gasteiger partial charge in [-0.2, -0.15) is 0 Å². The lowest BCUT2D eigenvalue weighted by atomic mass is 9.78. The summed E-state index contributed by atoms with van der Waals surface area (Å²) in [5.41, 5.74) is 1.19. The molecule has 0 unspecified atom stereocenters. The monoisotopic (exact) mass is 249 g/mol. The molecule has 1 fully saturated rings. The molecular weight excluding hydrogens is 236 g/mol. The van der Waals surface area contributed by atoms with E-state index in [1.54, 1.807) is 6.07 Å². The Kier molecular flexibility index (Phi) is 2.46. The molecule has 1 aromatic rings. The topological polar surface area (TPSA) is 47.6 Å². The van der Waals surface area contributed by atoms with Gasteiger partial charge in [0.1, 0.15) is 5.82 Å². The third-order valence-corrected chi connectivity index (χ3v) is 3.09. The number of carbonyl (C=O) groups is 1. The number of hydrogen-bond acceptors (Lipinski definition) is 3. The highest BCUT2D eigenvalue weighted by atomic mass is 19.1. The van der Waals surface area contributed by atoms with Gasteiger partial charge in [-0.15, -0.1) is 0 Å². The van der Waals surface area contributed by atoms with Crippen LogP contribution in [0.2, 0.25) is 0 Å². The van der Waals surface area contributed by atoms with Gasteiger partial charge in [0.05, 0.1) is 24.3 Å². The Balaban J connectivity index is 1.94. The molecule has 2 aliphatic rings. The van der Waals surface area contributed by atoms with Crippen LogP contribution in [0, 0.1) is 5.82 Å². The molecule has 2 aliphatic heterocycles. The lowest BCUT2D eigenvalue weighted by Gasteiger charge is -2.15. The van der Waals surface area contributed by atoms with Crippen molar-refractivity contribution < 1.29 is 18.5 Å². The Morgan fingerprint density at radius 3 is 2.89 bits per heavy atom. The number of amides is 1. The maximum Gasteiger partial charge on any atom is 0.494 e. The smallest absolute Gasteiger partial charge is 0.404 e. The number of carbonyl (C=O) groups excluding carboxylic acids is 1. The number of anilines is 1. The molecule has 1 saturated heterocycles. The van der Waals surface area contributed by atoms with Gasteiger partial charge in [0.25, 0.3) is 0 Å². The van der Waals surface area contributed by atoms with Gasteiger partial charge < -0.3 is 14.6 Å². The van der Waals surface area contributed by atoms with Crippen LogP contribution >= 0.6 is 0 Å². The molecule has 4 nitrogen and oxygen atoms in total. The molecule has 0 atom stereocenters. The van der Waals surface area contributed by atoms with Crippen molar-refractivity contribution in [1.29, 1.82) is 0 Å². The number of benzene rings is 1. The van der Waals surface area contributed by atoms with Crippen LogP contribution in [-0.4, -0.2) is 25.2 Å². The van der Waals surface area contributed by atoms with Crippen LogP contribution in [0.15, 0.2) is 12.1 Å². The second kappa shape index (κ2) is 3.80. The second-order valence-electron chi connectivity index (χ2n) is 5.28. The van der Waals surface area contributed by atoms with Crippen LogP contribution < -0.4 is 10.8 Å². The zero-order valence-electron chi connectivity index (χ0n) is 10.2. The summed E-state index contributed by atoms with van der Waals surface area (Å²) in [5.74, 6) is -0.625. The minimum absolute atomic E-state index is 0.186. The Morgan fingerprint density at radius 2 is 2.22 bits per heavy atom. The number of nitrogens with one attached hydrogen (secondary N) is 1. The zero-order chi connectivity index (χ0) is 12.9. The van der Waals surface area contributed by atoms with E-state index in [0.717, 1.165) is 0 Å². The highest BCUT2D eigenvalue weighted by Gasteiger charge is 2.39. The fraction of sp³-hybridized carbons (Fsp3) is 0.417. The van der Waals surface area contributed by atoms with E-state index < -0.39 is 12.9 Å². The SMILES string of the molecule is CC1(C)COB(c2cc(F)c3c(c2)CC(=O)N3)O1. The van der Waals surface area contributed by atoms with Crippen LogP contribution in [-0.2, 0) is 20.5 Å². The van der Waals surface area contributed by atoms with Gasteiger partial charge >= 0.3 is 7.12 Å². The van der Waals surface area contributed by atoms with Crippen molar-refractivity contribution in [2.75, 3.05) is 11.9 Å². The summed E-state index contributed by atoms with van der Waals surface area (Å²) in [6, 6.07) is 3.12. The number of rotatable bonds is 1. The van der Waals surface area contributed by atoms with E-state index in [1.165, 1.54) is 6.07 Å². The average Bonchev–Trinajstić information content (AvgIpc) is 2.80. The van der Waals surface area contributed by atoms with Gasteiger partial charge in [-0.1, -0.05) is 6.07 Å². The van der Waals surface area contributed by atoms with Crippen molar-refractivity contribution in [2.45, 2.75) is 25.9 Å². The molecule has 0 aliphatic carbocycles. The quantitative estimate of drug-likeness (QED) is 0.750. The van der Waals surface area contributed by atoms with Gasteiger partial charge in [-0.3, -0.25) is 4.79 Å². The molecule has 0 spiro atoms. The lowest BCUT2D eigenvalue weighted by molar-refractivity contribution is -0.115. The third-order valence-electron chi connectivity index (χ3n) is 3.09. The molecule has 0 radical (unpaired) electrons. The molecule has 0 bridgehead atoms. The zero-order valence-corrected chi connectivity index (χ0v) is 10.2. The molecule has 6 heteroatoms. The van der Waals surface area contributed by atoms with Gasteiger partial charge in [0.15, 0.2) is 0 Å². The maximum atomic E-state index is 13.8. The first-order valence-electron chi connectivity index (χ1n) is 5.86. The second-order valence-corrected chi connectivity index (χ2v) is 5.28. The van der Waals surface area contributed by atoms with Crippen LogP contribution in [0.25, 0.3) is 0 Å². The van der Waals surface area contributed by atoms with E-state index >= 15 is 0 Å². The summed E-state index contributed by atoms with van der Waals surface area (Å²) in [5, 5.41) is 2.50. The third kappa shape index (κ3) is 1.91. The fourth-order valence-corrected chi connectivity index (χ4v) is 2.26. The van der Waals surface area contributed by atoms with Crippen molar-refractivity contribution in [1.82, 2.24) is 0 Å². The molecule has 1 aromatic carbocycles. The summed E-state index contributed by atoms with van der Waals surface area (Å²) in [4.78, 5) is 11.2. The van der Waals surface area contributed by atoms with E-state index in [4.69, 9.17) is 9.31 Å². The van der Waals surface area contributed by atoms with Gasteiger partial charge in [-0.05, 0) is 30.9 Å². The summed E-state index contributed by atoms with van der Waals surface area (Å²) in [7, 11) is -0.560. The number of hydrogen-bond donors (Lipinski definition) is 1. The Hall–Kier alpha value is -1.40. The van der Waals surface area contributed by atoms with Crippen molar-refractivity contribution in [2.24, 2.45) is 0 Å². The summed E-state index contributed by atoms with van der Waals surface area (Å²) >= 11 is 0. The standard InChI is InChI=1S/C12H13BFNO3/c1-12(2)6-17-13(18-12)8-3-7-4-10(16)15-11(7)9(14)5-8/h3,5H,4,6H2,1-2H3,(H,15,16). The first-order chi connectivity index (χ1) is 8.44. The molecule has 0 aromatic heterocycles. The van der Waals surface area contributed by atoms with E-state index in [-0.39, 0.29) is 23.6 Å². The Labute approximate surface area is 105 Å². The van der Waals surface area contributed by atoms with Crippen molar-refractivity contribution >= 4 is 24.2 Å². The number of halogens is 1. The van der Waals surface area contributed by atoms with Gasteiger partial charge in [-0.25, -0.2) is 4.39 Å². The highest BCUT2D eigenvalue weighted by Crippen LogP contribution is 2.26. The Morgan fingerprint density at radius 1 is 1.44 bits per heavy atom. The minimum Gasteiger partial charge on any atom is -0.404 e. The van der Waals surface area contributed by atoms with Crippen LogP contribution in [0.4, 0.5) is 10.1 Å². The minimum atomic E-state index is -0.560. The van der Waals surface area contributed by atoms with Crippen molar-refractivity contribution in [3.8, 4) is 0 Å². The molecule has 1 N–H and O–H groups in total. The van der Waals surface area contributed by atoms with Crippen molar-refractivity contribution in [3.05, 3.63) is 23.5 Å². The van der Waals surface area contributed by atoms with Crippen LogP contribution in [0.3, 0.4) is 0 Å². The average molecular weight is 249 g/mol. The first-order valence-corrected chi connectivity index (χ1v) is 5.86.